The van der Waals surface area contributed by atoms with E-state index in [-0.39, 0.29) is 5.92 Å². The molecule has 1 atom stereocenters. The fourth-order valence-corrected chi connectivity index (χ4v) is 4.14. The Morgan fingerprint density at radius 2 is 1.78 bits per heavy atom. The molecule has 1 aliphatic rings. The Kier molecular flexibility index (Phi) is 4.66. The van der Waals surface area contributed by atoms with E-state index in [0.29, 0.717) is 22.3 Å². The Bertz CT molecular complexity index is 996. The molecule has 0 fully saturated rings. The van der Waals surface area contributed by atoms with Crippen LogP contribution in [0.2, 0.25) is 10.0 Å². The monoisotopic (exact) mass is 403 g/mol. The maximum absolute atomic E-state index is 6.27. The van der Waals surface area contributed by atoms with Crippen LogP contribution in [0.4, 0.5) is 5.82 Å². The Hall–Kier alpha value is -2.37. The number of benzene rings is 2. The van der Waals surface area contributed by atoms with Crippen LogP contribution in [0.15, 0.2) is 30.3 Å². The van der Waals surface area contributed by atoms with Gasteiger partial charge in [-0.25, -0.2) is 0 Å². The molecule has 2 N–H and O–H groups in total. The quantitative estimate of drug-likeness (QED) is 0.592. The smallest absolute Gasteiger partial charge is 0.161 e. The minimum Gasteiger partial charge on any atom is -0.493 e. The zero-order chi connectivity index (χ0) is 19.1. The van der Waals surface area contributed by atoms with Crippen molar-refractivity contribution in [2.45, 2.75) is 19.4 Å². The lowest BCUT2D eigenvalue weighted by atomic mass is 9.99. The highest BCUT2D eigenvalue weighted by Crippen LogP contribution is 2.50. The van der Waals surface area contributed by atoms with Gasteiger partial charge < -0.3 is 14.8 Å². The molecule has 1 heterocycles. The molecule has 1 aromatic heterocycles. The summed E-state index contributed by atoms with van der Waals surface area (Å²) in [7, 11) is 3.28. The van der Waals surface area contributed by atoms with Crippen molar-refractivity contribution in [1.82, 2.24) is 10.2 Å². The predicted octanol–water partition coefficient (Wildman–Crippen LogP) is 5.48. The van der Waals surface area contributed by atoms with Gasteiger partial charge in [0.1, 0.15) is 0 Å². The lowest BCUT2D eigenvalue weighted by Gasteiger charge is -2.13. The van der Waals surface area contributed by atoms with Gasteiger partial charge in [0, 0.05) is 39.2 Å². The van der Waals surface area contributed by atoms with Crippen LogP contribution in [0.25, 0.3) is 11.3 Å². The van der Waals surface area contributed by atoms with Gasteiger partial charge >= 0.3 is 0 Å². The molecule has 27 heavy (non-hydrogen) atoms. The van der Waals surface area contributed by atoms with Crippen molar-refractivity contribution >= 4 is 29.0 Å². The fraction of sp³-hybridized carbons (Fsp3) is 0.250. The molecule has 0 radical (unpaired) electrons. The van der Waals surface area contributed by atoms with Crippen LogP contribution in [0.5, 0.6) is 11.5 Å². The maximum Gasteiger partial charge on any atom is 0.161 e. The number of hydrogen-bond donors (Lipinski definition) is 2. The number of nitrogens with zero attached hydrogens (tertiary/aromatic N) is 1. The molecular weight excluding hydrogens is 385 g/mol. The number of fused-ring (bicyclic) bond motifs is 3. The summed E-state index contributed by atoms with van der Waals surface area (Å²) in [5.74, 6) is 2.38. The van der Waals surface area contributed by atoms with E-state index in [9.17, 15) is 0 Å². The van der Waals surface area contributed by atoms with E-state index in [1.54, 1.807) is 14.2 Å². The molecule has 7 heteroatoms. The molecule has 0 amide bonds. The van der Waals surface area contributed by atoms with E-state index in [1.165, 1.54) is 5.56 Å². The van der Waals surface area contributed by atoms with Crippen molar-refractivity contribution in [1.29, 1.82) is 0 Å². The number of H-pyrrole nitrogens is 1. The molecule has 0 saturated heterocycles. The number of aromatic amines is 1. The molecule has 3 aromatic rings. The summed E-state index contributed by atoms with van der Waals surface area (Å²) < 4.78 is 10.9. The summed E-state index contributed by atoms with van der Waals surface area (Å²) in [4.78, 5) is 0. The zero-order valence-corrected chi connectivity index (χ0v) is 16.7. The molecule has 0 spiro atoms. The van der Waals surface area contributed by atoms with E-state index in [1.807, 2.05) is 30.3 Å². The molecule has 5 nitrogen and oxygen atoms in total. The first-order valence-corrected chi connectivity index (χ1v) is 9.32. The molecule has 2 aromatic carbocycles. The lowest BCUT2D eigenvalue weighted by Crippen LogP contribution is -2.04. The second-order valence-corrected chi connectivity index (χ2v) is 7.25. The highest BCUT2D eigenvalue weighted by atomic mass is 35.5. The lowest BCUT2D eigenvalue weighted by molar-refractivity contribution is 0.354. The molecule has 1 unspecified atom stereocenters. The summed E-state index contributed by atoms with van der Waals surface area (Å²) in [6, 6.07) is 9.51. The maximum atomic E-state index is 6.27. The molecule has 4 rings (SSSR count). The highest BCUT2D eigenvalue weighted by molar-refractivity contribution is 6.36. The van der Waals surface area contributed by atoms with Gasteiger partial charge in [-0.2, -0.15) is 5.10 Å². The fourth-order valence-electron chi connectivity index (χ4n) is 3.61. The van der Waals surface area contributed by atoms with Crippen molar-refractivity contribution in [3.05, 3.63) is 57.1 Å². The summed E-state index contributed by atoms with van der Waals surface area (Å²) >= 11 is 12.5. The highest BCUT2D eigenvalue weighted by Gasteiger charge is 2.32. The molecule has 0 bridgehead atoms. The van der Waals surface area contributed by atoms with E-state index in [0.717, 1.165) is 34.0 Å². The molecule has 0 saturated carbocycles. The predicted molar refractivity (Wildman–Crippen MR) is 108 cm³/mol. The third-order valence-corrected chi connectivity index (χ3v) is 5.73. The van der Waals surface area contributed by atoms with Gasteiger partial charge in [-0.15, -0.1) is 0 Å². The Balaban J connectivity index is 1.68. The van der Waals surface area contributed by atoms with Crippen LogP contribution in [0.1, 0.15) is 29.5 Å². The average molecular weight is 404 g/mol. The largest absolute Gasteiger partial charge is 0.493 e. The van der Waals surface area contributed by atoms with Gasteiger partial charge in [-0.1, -0.05) is 36.2 Å². The normalized spacial score (nSPS) is 14.6. The number of aromatic nitrogens is 2. The van der Waals surface area contributed by atoms with E-state index < -0.39 is 0 Å². The van der Waals surface area contributed by atoms with Crippen LogP contribution < -0.4 is 14.8 Å². The first-order chi connectivity index (χ1) is 13.0. The van der Waals surface area contributed by atoms with Crippen molar-refractivity contribution in [3.8, 4) is 22.8 Å². The van der Waals surface area contributed by atoms with Gasteiger partial charge in [0.05, 0.1) is 19.9 Å². The molecule has 0 aliphatic heterocycles. The summed E-state index contributed by atoms with van der Waals surface area (Å²) in [5.41, 5.74) is 5.21. The van der Waals surface area contributed by atoms with Gasteiger partial charge in [0.15, 0.2) is 17.3 Å². The summed E-state index contributed by atoms with van der Waals surface area (Å²) in [6.45, 7) is 2.64. The Labute approximate surface area is 167 Å². The second kappa shape index (κ2) is 6.98. The van der Waals surface area contributed by atoms with Crippen molar-refractivity contribution in [2.24, 2.45) is 0 Å². The number of rotatable bonds is 5. The van der Waals surface area contributed by atoms with Crippen LogP contribution in [0, 0.1) is 0 Å². The number of hydrogen-bond acceptors (Lipinski definition) is 4. The minimum absolute atomic E-state index is 0.165. The van der Waals surface area contributed by atoms with Gasteiger partial charge in [-0.05, 0) is 29.8 Å². The van der Waals surface area contributed by atoms with Crippen LogP contribution >= 0.6 is 23.2 Å². The minimum atomic E-state index is 0.165. The van der Waals surface area contributed by atoms with Crippen LogP contribution in [0.3, 0.4) is 0 Å². The van der Waals surface area contributed by atoms with Crippen molar-refractivity contribution in [3.63, 3.8) is 0 Å². The third kappa shape index (κ3) is 2.91. The van der Waals surface area contributed by atoms with E-state index in [4.69, 9.17) is 32.7 Å². The molecular formula is C20H19Cl2N3O2. The van der Waals surface area contributed by atoms with Gasteiger partial charge in [0.2, 0.25) is 0 Å². The van der Waals surface area contributed by atoms with Crippen molar-refractivity contribution in [2.75, 3.05) is 19.5 Å². The second-order valence-electron chi connectivity index (χ2n) is 6.43. The topological polar surface area (TPSA) is 59.2 Å². The standard InChI is InChI=1S/C20H19Cl2N3O2/c1-10-11-7-16(26-2)17(27-3)8-12(11)19-18(10)20(25-24-19)23-9-13-14(21)5-4-6-15(13)22/h4-8,10H,9H2,1-3H3,(H2,23,24,25). The van der Waals surface area contributed by atoms with Crippen LogP contribution in [-0.2, 0) is 6.54 Å². The number of ether oxygens (including phenoxy) is 2. The number of halogens is 2. The first-order valence-electron chi connectivity index (χ1n) is 8.56. The van der Waals surface area contributed by atoms with E-state index >= 15 is 0 Å². The van der Waals surface area contributed by atoms with Gasteiger partial charge in [0.25, 0.3) is 0 Å². The average Bonchev–Trinajstić information content (AvgIpc) is 3.20. The van der Waals surface area contributed by atoms with Crippen LogP contribution in [-0.4, -0.2) is 24.4 Å². The van der Waals surface area contributed by atoms with Gasteiger partial charge in [-0.3, -0.25) is 5.10 Å². The Morgan fingerprint density at radius 3 is 2.44 bits per heavy atom. The number of nitrogens with one attached hydrogen (secondary N) is 2. The molecule has 1 aliphatic carbocycles. The van der Waals surface area contributed by atoms with E-state index in [2.05, 4.69) is 22.4 Å². The third-order valence-electron chi connectivity index (χ3n) is 5.02. The molecule has 140 valence electrons. The summed E-state index contributed by atoms with van der Waals surface area (Å²) in [5, 5.41) is 12.3. The first kappa shape index (κ1) is 18.0. The zero-order valence-electron chi connectivity index (χ0n) is 15.2. The number of anilines is 1. The SMILES string of the molecule is COc1cc2c(cc1OC)C(C)c1c(NCc3c(Cl)cccc3Cl)n[nH]c1-2. The number of methoxy groups -OCH3 is 2. The van der Waals surface area contributed by atoms with Crippen molar-refractivity contribution < 1.29 is 9.47 Å². The summed E-state index contributed by atoms with van der Waals surface area (Å²) in [6.07, 6.45) is 0. The Morgan fingerprint density at radius 1 is 1.11 bits per heavy atom.